The number of ether oxygens (including phenoxy) is 1. The molecule has 8 nitrogen and oxygen atoms in total. The van der Waals surface area contributed by atoms with Crippen LogP contribution in [0.1, 0.15) is 25.7 Å². The lowest BCUT2D eigenvalue weighted by molar-refractivity contribution is -0.148. The van der Waals surface area contributed by atoms with E-state index in [4.69, 9.17) is 4.98 Å². The number of hydrogen-bond donors (Lipinski definition) is 3. The largest absolute Gasteiger partial charge is 0.481 e. The Morgan fingerprint density at radius 2 is 1.82 bits per heavy atom. The van der Waals surface area contributed by atoms with Crippen molar-refractivity contribution in [3.8, 4) is 28.4 Å². The molecule has 7 rings (SSSR count). The first-order valence-corrected chi connectivity index (χ1v) is 12.4. The number of carboxylic acid groups (broad SMARTS) is 1. The summed E-state index contributed by atoms with van der Waals surface area (Å²) in [6.45, 7) is -2.94. The number of anilines is 1. The molecule has 2 atom stereocenters. The van der Waals surface area contributed by atoms with Gasteiger partial charge in [-0.2, -0.15) is 8.78 Å². The molecule has 11 heteroatoms. The van der Waals surface area contributed by atoms with Crippen LogP contribution >= 0.6 is 0 Å². The predicted octanol–water partition coefficient (Wildman–Crippen LogP) is 5.73. The third-order valence-corrected chi connectivity index (χ3v) is 7.66. The van der Waals surface area contributed by atoms with Crippen molar-refractivity contribution in [2.45, 2.75) is 38.3 Å². The third-order valence-electron chi connectivity index (χ3n) is 7.66. The average Bonchev–Trinajstić information content (AvgIpc) is 3.32. The quantitative estimate of drug-likeness (QED) is 0.284. The van der Waals surface area contributed by atoms with Crippen LogP contribution in [0.2, 0.25) is 0 Å². The fourth-order valence-corrected chi connectivity index (χ4v) is 5.94. The number of benzene rings is 1. The monoisotopic (exact) mass is 523 g/mol. The number of rotatable bonds is 7. The lowest BCUT2D eigenvalue weighted by Crippen LogP contribution is -2.51. The van der Waals surface area contributed by atoms with Gasteiger partial charge in [0.05, 0.1) is 17.8 Å². The molecule has 2 bridgehead atoms. The smallest absolute Gasteiger partial charge is 0.387 e. The molecular formula is C27H24F3N5O3. The van der Waals surface area contributed by atoms with Gasteiger partial charge in [0.25, 0.3) is 0 Å². The summed E-state index contributed by atoms with van der Waals surface area (Å²) >= 11 is 0. The van der Waals surface area contributed by atoms with E-state index in [0.717, 1.165) is 31.9 Å². The number of hydrogen-bond acceptors (Lipinski definition) is 6. The molecule has 0 saturated heterocycles. The molecule has 1 aromatic carbocycles. The van der Waals surface area contributed by atoms with E-state index in [1.54, 1.807) is 24.4 Å². The number of carboxylic acids is 1. The Balaban J connectivity index is 1.43. The fraction of sp³-hybridized carbons (Fsp3) is 0.333. The number of halogens is 3. The van der Waals surface area contributed by atoms with Crippen LogP contribution in [0.4, 0.5) is 19.0 Å². The minimum atomic E-state index is -2.94. The molecule has 196 valence electrons. The van der Waals surface area contributed by atoms with Crippen LogP contribution in [-0.4, -0.2) is 43.7 Å². The lowest BCUT2D eigenvalue weighted by Gasteiger charge is -2.47. The summed E-state index contributed by atoms with van der Waals surface area (Å²) in [5.41, 5.74) is 2.08. The minimum Gasteiger partial charge on any atom is -0.481 e. The molecular weight excluding hydrogens is 499 g/mol. The standard InChI is InChI=1S/C27H24F3N5O3/c28-16-9-18-19(12-32-24(18)31-11-16)25-33-20(13-5-7-17(8-6-13)38-27(29)30)10-21(35-25)34-23-15-3-1-14(2-4-15)22(23)26(36)37/h5-12,14-15,22-23,27H,1-4H2,(H,31,32)(H,36,37)(H,33,34,35). The molecule has 3 aromatic heterocycles. The van der Waals surface area contributed by atoms with E-state index < -0.39 is 24.3 Å². The van der Waals surface area contributed by atoms with Crippen LogP contribution in [0.5, 0.6) is 5.75 Å². The van der Waals surface area contributed by atoms with Gasteiger partial charge in [0, 0.05) is 34.8 Å². The lowest BCUT2D eigenvalue weighted by atomic mass is 9.61. The van der Waals surface area contributed by atoms with Crippen molar-refractivity contribution >= 4 is 22.8 Å². The van der Waals surface area contributed by atoms with E-state index in [1.165, 1.54) is 18.2 Å². The van der Waals surface area contributed by atoms with E-state index in [2.05, 4.69) is 25.0 Å². The number of fused-ring (bicyclic) bond motifs is 4. The zero-order chi connectivity index (χ0) is 26.4. The topological polar surface area (TPSA) is 113 Å². The second-order valence-electron chi connectivity index (χ2n) is 9.83. The average molecular weight is 524 g/mol. The van der Waals surface area contributed by atoms with Gasteiger partial charge in [-0.25, -0.2) is 19.3 Å². The van der Waals surface area contributed by atoms with Crippen molar-refractivity contribution in [1.82, 2.24) is 19.9 Å². The number of carbonyl (C=O) groups is 1. The van der Waals surface area contributed by atoms with Crippen molar-refractivity contribution in [3.05, 3.63) is 54.6 Å². The van der Waals surface area contributed by atoms with E-state index in [-0.39, 0.29) is 29.5 Å². The molecule has 3 saturated carbocycles. The van der Waals surface area contributed by atoms with Gasteiger partial charge in [0.15, 0.2) is 5.82 Å². The maximum Gasteiger partial charge on any atom is 0.387 e. The summed E-state index contributed by atoms with van der Waals surface area (Å²) in [6.07, 6.45) is 6.47. The van der Waals surface area contributed by atoms with Crippen LogP contribution < -0.4 is 10.1 Å². The summed E-state index contributed by atoms with van der Waals surface area (Å²) in [6, 6.07) is 8.80. The van der Waals surface area contributed by atoms with Gasteiger partial charge in [-0.3, -0.25) is 4.79 Å². The van der Waals surface area contributed by atoms with Gasteiger partial charge in [-0.15, -0.1) is 0 Å². The summed E-state index contributed by atoms with van der Waals surface area (Å²) in [5, 5.41) is 13.9. The Morgan fingerprint density at radius 1 is 1.08 bits per heavy atom. The molecule has 3 aliphatic carbocycles. The summed E-state index contributed by atoms with van der Waals surface area (Å²) in [4.78, 5) is 28.6. The molecule has 3 heterocycles. The number of H-pyrrole nitrogens is 1. The van der Waals surface area contributed by atoms with Crippen LogP contribution in [-0.2, 0) is 4.79 Å². The Kier molecular flexibility index (Phi) is 6.13. The maximum atomic E-state index is 14.0. The number of aromatic nitrogens is 4. The number of nitrogens with zero attached hydrogens (tertiary/aromatic N) is 3. The highest BCUT2D eigenvalue weighted by atomic mass is 19.3. The van der Waals surface area contributed by atoms with Gasteiger partial charge in [0.1, 0.15) is 23.0 Å². The van der Waals surface area contributed by atoms with E-state index in [1.807, 2.05) is 0 Å². The maximum absolute atomic E-state index is 14.0. The molecule has 0 amide bonds. The van der Waals surface area contributed by atoms with Crippen LogP contribution in [0.25, 0.3) is 33.7 Å². The molecule has 38 heavy (non-hydrogen) atoms. The molecule has 2 unspecified atom stereocenters. The predicted molar refractivity (Wildman–Crippen MR) is 133 cm³/mol. The first-order valence-electron chi connectivity index (χ1n) is 12.4. The molecule has 0 radical (unpaired) electrons. The second-order valence-corrected chi connectivity index (χ2v) is 9.83. The number of pyridine rings is 1. The fourth-order valence-electron chi connectivity index (χ4n) is 5.94. The zero-order valence-electron chi connectivity index (χ0n) is 20.1. The highest BCUT2D eigenvalue weighted by Gasteiger charge is 2.47. The molecule has 3 N–H and O–H groups in total. The first-order chi connectivity index (χ1) is 18.4. The number of aromatic amines is 1. The van der Waals surface area contributed by atoms with Gasteiger partial charge in [-0.05, 0) is 67.9 Å². The van der Waals surface area contributed by atoms with E-state index in [0.29, 0.717) is 33.7 Å². The van der Waals surface area contributed by atoms with E-state index in [9.17, 15) is 23.1 Å². The summed E-state index contributed by atoms with van der Waals surface area (Å²) in [5.74, 6) is -0.811. The van der Waals surface area contributed by atoms with Crippen molar-refractivity contribution < 1.29 is 27.8 Å². The van der Waals surface area contributed by atoms with Crippen LogP contribution in [0.3, 0.4) is 0 Å². The van der Waals surface area contributed by atoms with Crippen molar-refractivity contribution in [2.75, 3.05) is 5.32 Å². The van der Waals surface area contributed by atoms with Crippen molar-refractivity contribution in [2.24, 2.45) is 17.8 Å². The van der Waals surface area contributed by atoms with Gasteiger partial charge >= 0.3 is 12.6 Å². The summed E-state index contributed by atoms with van der Waals surface area (Å²) in [7, 11) is 0. The minimum absolute atomic E-state index is 0.0112. The van der Waals surface area contributed by atoms with Gasteiger partial charge in [-0.1, -0.05) is 0 Å². The number of aliphatic carboxylic acids is 1. The molecule has 0 spiro atoms. The SMILES string of the molecule is O=C(O)C1C2CCC(CC2)C1Nc1cc(-c2ccc(OC(F)F)cc2)nc(-c2c[nH]c3ncc(F)cc23)n1. The Bertz CT molecular complexity index is 1490. The molecule has 4 aromatic rings. The van der Waals surface area contributed by atoms with Gasteiger partial charge in [0.2, 0.25) is 0 Å². The number of nitrogens with one attached hydrogen (secondary N) is 2. The zero-order valence-corrected chi connectivity index (χ0v) is 20.1. The Morgan fingerprint density at radius 3 is 2.53 bits per heavy atom. The Labute approximate surface area is 215 Å². The van der Waals surface area contributed by atoms with E-state index >= 15 is 0 Å². The van der Waals surface area contributed by atoms with Crippen LogP contribution in [0.15, 0.2) is 48.8 Å². The highest BCUT2D eigenvalue weighted by molar-refractivity contribution is 5.92. The first kappa shape index (κ1) is 24.2. The normalized spacial score (nSPS) is 22.6. The van der Waals surface area contributed by atoms with Crippen molar-refractivity contribution in [1.29, 1.82) is 0 Å². The summed E-state index contributed by atoms with van der Waals surface area (Å²) < 4.78 is 43.7. The molecule has 0 aliphatic heterocycles. The third kappa shape index (κ3) is 4.52. The Hall–Kier alpha value is -4.15. The highest BCUT2D eigenvalue weighted by Crippen LogP contribution is 2.46. The van der Waals surface area contributed by atoms with Crippen LogP contribution in [0, 0.1) is 23.6 Å². The molecule has 3 aliphatic rings. The molecule has 3 fully saturated rings. The second kappa shape index (κ2) is 9.62. The van der Waals surface area contributed by atoms with Gasteiger partial charge < -0.3 is 20.1 Å². The van der Waals surface area contributed by atoms with Crippen molar-refractivity contribution in [3.63, 3.8) is 0 Å². The number of alkyl halides is 2.